The number of nitrogens with one attached hydrogen (secondary N) is 2. The summed E-state index contributed by atoms with van der Waals surface area (Å²) in [5, 5.41) is 8.67. The number of benzene rings is 1. The highest BCUT2D eigenvalue weighted by molar-refractivity contribution is 7.10. The molecule has 2 N–H and O–H groups in total. The number of likely N-dealkylation sites (N-methyl/N-ethyl adjacent to an activating group) is 1. The minimum absolute atomic E-state index is 0.0497. The first kappa shape index (κ1) is 31.6. The fourth-order valence-electron chi connectivity index (χ4n) is 6.71. The summed E-state index contributed by atoms with van der Waals surface area (Å²) >= 11 is 1.42. The first-order valence-corrected chi connectivity index (χ1v) is 16.5. The normalized spacial score (nSPS) is 24.3. The summed E-state index contributed by atoms with van der Waals surface area (Å²) in [6, 6.07) is 5.86. The van der Waals surface area contributed by atoms with Crippen molar-refractivity contribution in [3.05, 3.63) is 45.9 Å². The van der Waals surface area contributed by atoms with Crippen LogP contribution < -0.4 is 15.4 Å². The van der Waals surface area contributed by atoms with Crippen LogP contribution in [0.2, 0.25) is 0 Å². The third-order valence-corrected chi connectivity index (χ3v) is 10.2. The molecule has 0 radical (unpaired) electrons. The van der Waals surface area contributed by atoms with Crippen molar-refractivity contribution in [1.82, 2.24) is 25.4 Å². The molecule has 0 spiro atoms. The molecule has 11 heteroatoms. The molecule has 3 heterocycles. The van der Waals surface area contributed by atoms with Gasteiger partial charge in [-0.15, -0.1) is 11.3 Å². The topological polar surface area (TPSA) is 113 Å². The summed E-state index contributed by atoms with van der Waals surface area (Å²) in [7, 11) is 3.34. The van der Waals surface area contributed by atoms with Crippen LogP contribution in [0.25, 0.3) is 0 Å². The molecule has 1 aromatic heterocycles. The Bertz CT molecular complexity index is 1260. The molecule has 0 unspecified atom stereocenters. The summed E-state index contributed by atoms with van der Waals surface area (Å²) < 4.78 is 11.2. The van der Waals surface area contributed by atoms with Crippen LogP contribution in [-0.2, 0) is 14.3 Å². The summed E-state index contributed by atoms with van der Waals surface area (Å²) in [5.41, 5.74) is 0.903. The van der Waals surface area contributed by atoms with E-state index < -0.39 is 12.1 Å². The second-order valence-corrected chi connectivity index (χ2v) is 12.8. The Balaban J connectivity index is 1.44. The Labute approximate surface area is 258 Å². The number of ether oxygens (including phenoxy) is 2. The van der Waals surface area contributed by atoms with Crippen LogP contribution in [0, 0.1) is 5.92 Å². The smallest absolute Gasteiger partial charge is 0.246 e. The molecule has 234 valence electrons. The number of amides is 2. The summed E-state index contributed by atoms with van der Waals surface area (Å²) in [5.74, 6) is 0.395. The number of rotatable bonds is 11. The monoisotopic (exact) mass is 611 g/mol. The molecule has 2 amide bonds. The Morgan fingerprint density at radius 2 is 1.84 bits per heavy atom. The Morgan fingerprint density at radius 1 is 1.09 bits per heavy atom. The predicted octanol–water partition coefficient (Wildman–Crippen LogP) is 3.42. The van der Waals surface area contributed by atoms with Gasteiger partial charge < -0.3 is 25.0 Å². The van der Waals surface area contributed by atoms with E-state index in [-0.39, 0.29) is 41.7 Å². The van der Waals surface area contributed by atoms with Crippen molar-refractivity contribution in [2.75, 3.05) is 40.4 Å². The van der Waals surface area contributed by atoms with E-state index in [1.54, 1.807) is 43.8 Å². The largest absolute Gasteiger partial charge is 0.497 e. The van der Waals surface area contributed by atoms with Gasteiger partial charge in [-0.05, 0) is 70.3 Å². The van der Waals surface area contributed by atoms with Crippen molar-refractivity contribution in [1.29, 1.82) is 0 Å². The number of hydrogen-bond acceptors (Lipinski definition) is 9. The van der Waals surface area contributed by atoms with Gasteiger partial charge in [0.05, 0.1) is 25.3 Å². The van der Waals surface area contributed by atoms with Crippen LogP contribution in [0.1, 0.15) is 79.5 Å². The van der Waals surface area contributed by atoms with Gasteiger partial charge in [-0.2, -0.15) is 0 Å². The third kappa shape index (κ3) is 7.11. The van der Waals surface area contributed by atoms with Gasteiger partial charge in [0, 0.05) is 43.2 Å². The zero-order valence-electron chi connectivity index (χ0n) is 25.7. The number of piperazine rings is 1. The van der Waals surface area contributed by atoms with Crippen LogP contribution in [0.3, 0.4) is 0 Å². The lowest BCUT2D eigenvalue weighted by molar-refractivity contribution is -0.144. The van der Waals surface area contributed by atoms with Crippen molar-refractivity contribution < 1.29 is 23.9 Å². The van der Waals surface area contributed by atoms with Crippen molar-refractivity contribution in [3.8, 4) is 5.75 Å². The van der Waals surface area contributed by atoms with E-state index in [0.29, 0.717) is 36.7 Å². The SMILES string of the molecule is CCO[C@@H]1C[C@@H]2CN(C(=O)[C@@H](NC(=O)[C@H](C)NC)C3CCCCC3)[C@H](c3nc(C(=O)c4ccc(OC)cc4)cs3)CN2C1. The maximum absolute atomic E-state index is 14.6. The lowest BCUT2D eigenvalue weighted by Crippen LogP contribution is -2.61. The average molecular weight is 612 g/mol. The number of methoxy groups -OCH3 is 1. The number of carbonyl (C=O) groups is 3. The van der Waals surface area contributed by atoms with Crippen LogP contribution in [0.5, 0.6) is 5.75 Å². The van der Waals surface area contributed by atoms with Crippen LogP contribution in [0.15, 0.2) is 29.6 Å². The molecule has 2 saturated heterocycles. The number of ketones is 1. The zero-order chi connectivity index (χ0) is 30.5. The maximum Gasteiger partial charge on any atom is 0.246 e. The van der Waals surface area contributed by atoms with Gasteiger partial charge in [0.2, 0.25) is 17.6 Å². The van der Waals surface area contributed by atoms with Gasteiger partial charge in [0.1, 0.15) is 22.5 Å². The molecule has 2 aromatic rings. The molecule has 0 bridgehead atoms. The highest BCUT2D eigenvalue weighted by Gasteiger charge is 2.46. The standard InChI is InChI=1S/C32H45N5O5S/c1-5-42-25-15-23-16-37(32(40)28(21-9-7-6-8-10-21)35-30(39)20(2)33-3)27(18-36(23)17-25)31-34-26(19-43-31)29(38)22-11-13-24(41-4)14-12-22/h11-14,19-21,23,25,27-28,33H,5-10,15-18H2,1-4H3,(H,35,39)/t20-,23+,25+,27-,28-/m0/s1. The molecule has 3 fully saturated rings. The van der Waals surface area contributed by atoms with E-state index in [1.807, 2.05) is 18.7 Å². The van der Waals surface area contributed by atoms with Crippen LogP contribution in [0.4, 0.5) is 0 Å². The lowest BCUT2D eigenvalue weighted by Gasteiger charge is -2.45. The fraction of sp³-hybridized carbons (Fsp3) is 0.625. The van der Waals surface area contributed by atoms with Gasteiger partial charge >= 0.3 is 0 Å². The molecule has 2 aliphatic heterocycles. The molecule has 1 saturated carbocycles. The van der Waals surface area contributed by atoms with E-state index in [2.05, 4.69) is 15.5 Å². The first-order valence-electron chi connectivity index (χ1n) is 15.6. The Kier molecular flexibility index (Phi) is 10.5. The molecule has 43 heavy (non-hydrogen) atoms. The number of thiazole rings is 1. The fourth-order valence-corrected chi connectivity index (χ4v) is 7.61. The third-order valence-electron chi connectivity index (χ3n) is 9.27. The molecule has 5 atom stereocenters. The molecule has 1 aliphatic carbocycles. The minimum atomic E-state index is -0.595. The number of carbonyl (C=O) groups excluding carboxylic acids is 3. The van der Waals surface area contributed by atoms with Gasteiger partial charge in [-0.3, -0.25) is 19.3 Å². The summed E-state index contributed by atoms with van der Waals surface area (Å²) in [6.45, 7) is 6.43. The molecular weight excluding hydrogens is 566 g/mol. The second kappa shape index (κ2) is 14.3. The van der Waals surface area contributed by atoms with Crippen molar-refractivity contribution in [2.24, 2.45) is 5.92 Å². The Morgan fingerprint density at radius 3 is 2.51 bits per heavy atom. The van der Waals surface area contributed by atoms with Crippen LogP contribution in [-0.4, -0.2) is 97.0 Å². The Hall–Kier alpha value is -2.86. The molecule has 10 nitrogen and oxygen atoms in total. The number of fused-ring (bicyclic) bond motifs is 1. The van der Waals surface area contributed by atoms with E-state index in [9.17, 15) is 14.4 Å². The number of nitrogens with zero attached hydrogens (tertiary/aromatic N) is 3. The van der Waals surface area contributed by atoms with Gasteiger partial charge in [-0.25, -0.2) is 4.98 Å². The number of aromatic nitrogens is 1. The van der Waals surface area contributed by atoms with E-state index in [4.69, 9.17) is 14.5 Å². The predicted molar refractivity (Wildman–Crippen MR) is 165 cm³/mol. The van der Waals surface area contributed by atoms with E-state index >= 15 is 0 Å². The van der Waals surface area contributed by atoms with E-state index in [1.165, 1.54) is 11.3 Å². The zero-order valence-corrected chi connectivity index (χ0v) is 26.5. The molecular formula is C32H45N5O5S. The minimum Gasteiger partial charge on any atom is -0.497 e. The first-order chi connectivity index (χ1) is 20.8. The summed E-state index contributed by atoms with van der Waals surface area (Å²) in [4.78, 5) is 50.2. The van der Waals surface area contributed by atoms with Gasteiger partial charge in [0.15, 0.2) is 0 Å². The highest BCUT2D eigenvalue weighted by Crippen LogP contribution is 2.37. The molecule has 5 rings (SSSR count). The molecule has 1 aromatic carbocycles. The lowest BCUT2D eigenvalue weighted by atomic mass is 9.82. The molecule has 3 aliphatic rings. The van der Waals surface area contributed by atoms with Gasteiger partial charge in [-0.1, -0.05) is 19.3 Å². The average Bonchev–Trinajstić information content (AvgIpc) is 3.69. The van der Waals surface area contributed by atoms with Crippen molar-refractivity contribution in [3.63, 3.8) is 0 Å². The van der Waals surface area contributed by atoms with Crippen molar-refractivity contribution >= 4 is 28.9 Å². The van der Waals surface area contributed by atoms with Crippen LogP contribution >= 0.6 is 11.3 Å². The van der Waals surface area contributed by atoms with E-state index in [0.717, 1.165) is 50.1 Å². The second-order valence-electron chi connectivity index (χ2n) is 12.0. The quantitative estimate of drug-likeness (QED) is 0.372. The number of hydrogen-bond donors (Lipinski definition) is 2. The highest BCUT2D eigenvalue weighted by atomic mass is 32.1. The summed E-state index contributed by atoms with van der Waals surface area (Å²) in [6.07, 6.45) is 6.10. The van der Waals surface area contributed by atoms with Gasteiger partial charge in [0.25, 0.3) is 0 Å². The maximum atomic E-state index is 14.6. The van der Waals surface area contributed by atoms with Crippen molar-refractivity contribution in [2.45, 2.75) is 82.6 Å².